The Morgan fingerprint density at radius 1 is 1.60 bits per heavy atom. The van der Waals surface area contributed by atoms with E-state index in [0.717, 1.165) is 0 Å². The number of hydrogen-bond donors (Lipinski definition) is 2. The Hall–Kier alpha value is -0.220. The number of alkyl halides is 2. The zero-order chi connectivity index (χ0) is 7.61. The van der Waals surface area contributed by atoms with Crippen LogP contribution in [0.2, 0.25) is 0 Å². The first-order valence-electron chi connectivity index (χ1n) is 3.45. The van der Waals surface area contributed by atoms with Gasteiger partial charge < -0.3 is 11.1 Å². The van der Waals surface area contributed by atoms with Crippen molar-refractivity contribution in [3.8, 4) is 0 Å². The molecular formula is C6H12F2N2. The highest BCUT2D eigenvalue weighted by Gasteiger charge is 2.40. The van der Waals surface area contributed by atoms with Gasteiger partial charge in [-0.3, -0.25) is 0 Å². The van der Waals surface area contributed by atoms with E-state index in [9.17, 15) is 8.78 Å². The monoisotopic (exact) mass is 150 g/mol. The molecule has 0 aromatic carbocycles. The first-order valence-corrected chi connectivity index (χ1v) is 3.45. The van der Waals surface area contributed by atoms with E-state index in [2.05, 4.69) is 5.32 Å². The maximum absolute atomic E-state index is 12.7. The maximum Gasteiger partial charge on any atom is 0.264 e. The van der Waals surface area contributed by atoms with E-state index >= 15 is 0 Å². The first kappa shape index (κ1) is 7.88. The van der Waals surface area contributed by atoms with Crippen LogP contribution in [0.15, 0.2) is 0 Å². The summed E-state index contributed by atoms with van der Waals surface area (Å²) in [5.74, 6) is -3.21. The van der Waals surface area contributed by atoms with Crippen molar-refractivity contribution in [2.45, 2.75) is 12.3 Å². The van der Waals surface area contributed by atoms with Crippen LogP contribution in [0.3, 0.4) is 0 Å². The Morgan fingerprint density at radius 2 is 2.30 bits per heavy atom. The summed E-state index contributed by atoms with van der Waals surface area (Å²) in [6, 6.07) is 0. The molecule has 1 rings (SSSR count). The topological polar surface area (TPSA) is 38.0 Å². The molecule has 1 fully saturated rings. The second-order valence-corrected chi connectivity index (χ2v) is 2.66. The lowest BCUT2D eigenvalue weighted by molar-refractivity contribution is -0.0692. The summed E-state index contributed by atoms with van der Waals surface area (Å²) < 4.78 is 25.5. The molecule has 1 aliphatic heterocycles. The quantitative estimate of drug-likeness (QED) is 0.560. The largest absolute Gasteiger partial charge is 0.330 e. The summed E-state index contributed by atoms with van der Waals surface area (Å²) in [6.07, 6.45) is 0.490. The van der Waals surface area contributed by atoms with Crippen molar-refractivity contribution in [3.05, 3.63) is 0 Å². The molecule has 3 N–H and O–H groups in total. The third-order valence-corrected chi connectivity index (χ3v) is 1.91. The van der Waals surface area contributed by atoms with E-state index < -0.39 is 11.8 Å². The van der Waals surface area contributed by atoms with Crippen molar-refractivity contribution < 1.29 is 8.78 Å². The highest BCUT2D eigenvalue weighted by molar-refractivity contribution is 4.84. The average molecular weight is 150 g/mol. The highest BCUT2D eigenvalue weighted by atomic mass is 19.3. The Kier molecular flexibility index (Phi) is 2.21. The van der Waals surface area contributed by atoms with Gasteiger partial charge in [0.2, 0.25) is 0 Å². The standard InChI is InChI=1S/C6H12F2N2/c7-6(8)4-10-2-1-5(6)3-9/h5,10H,1-4,9H2/t5-/m0/s1. The predicted octanol–water partition coefficient (Wildman–Crippen LogP) is 0.190. The SMILES string of the molecule is NC[C@@H]1CCNCC1(F)F. The summed E-state index contributed by atoms with van der Waals surface area (Å²) in [5, 5.41) is 2.63. The van der Waals surface area contributed by atoms with Crippen LogP contribution in [0.4, 0.5) is 8.78 Å². The van der Waals surface area contributed by atoms with Crippen LogP contribution in [-0.2, 0) is 0 Å². The summed E-state index contributed by atoms with van der Waals surface area (Å²) in [6.45, 7) is 0.543. The fraction of sp³-hybridized carbons (Fsp3) is 1.00. The van der Waals surface area contributed by atoms with Gasteiger partial charge in [-0.2, -0.15) is 0 Å². The lowest BCUT2D eigenvalue weighted by Gasteiger charge is -2.30. The van der Waals surface area contributed by atoms with Crippen LogP contribution in [0.25, 0.3) is 0 Å². The Labute approximate surface area is 58.8 Å². The molecule has 0 saturated carbocycles. The number of hydrogen-bond acceptors (Lipinski definition) is 2. The van der Waals surface area contributed by atoms with Gasteiger partial charge in [-0.05, 0) is 13.0 Å². The Bertz CT molecular complexity index is 116. The molecule has 0 bridgehead atoms. The molecule has 0 aliphatic carbocycles. The molecule has 0 radical (unpaired) electrons. The molecule has 60 valence electrons. The number of nitrogens with two attached hydrogens (primary N) is 1. The molecular weight excluding hydrogens is 138 g/mol. The van der Waals surface area contributed by atoms with Crippen LogP contribution in [0.5, 0.6) is 0 Å². The second kappa shape index (κ2) is 2.80. The number of piperidine rings is 1. The summed E-state index contributed by atoms with van der Waals surface area (Å²) in [7, 11) is 0. The molecule has 0 aromatic rings. The van der Waals surface area contributed by atoms with E-state index in [-0.39, 0.29) is 13.1 Å². The molecule has 0 spiro atoms. The number of halogens is 2. The zero-order valence-corrected chi connectivity index (χ0v) is 5.74. The third kappa shape index (κ3) is 1.44. The first-order chi connectivity index (χ1) is 4.67. The molecule has 1 aliphatic rings. The Morgan fingerprint density at radius 3 is 2.70 bits per heavy atom. The zero-order valence-electron chi connectivity index (χ0n) is 5.74. The molecule has 0 aromatic heterocycles. The van der Waals surface area contributed by atoms with Crippen LogP contribution in [0.1, 0.15) is 6.42 Å². The summed E-state index contributed by atoms with van der Waals surface area (Å²) >= 11 is 0. The van der Waals surface area contributed by atoms with Crippen LogP contribution < -0.4 is 11.1 Å². The average Bonchev–Trinajstić information content (AvgIpc) is 1.87. The fourth-order valence-corrected chi connectivity index (χ4v) is 1.18. The van der Waals surface area contributed by atoms with E-state index in [1.165, 1.54) is 0 Å². The minimum Gasteiger partial charge on any atom is -0.330 e. The predicted molar refractivity (Wildman–Crippen MR) is 35.0 cm³/mol. The molecule has 1 heterocycles. The van der Waals surface area contributed by atoms with Crippen LogP contribution in [0, 0.1) is 5.92 Å². The van der Waals surface area contributed by atoms with Crippen molar-refractivity contribution in [2.24, 2.45) is 11.7 Å². The van der Waals surface area contributed by atoms with Crippen molar-refractivity contribution in [3.63, 3.8) is 0 Å². The highest BCUT2D eigenvalue weighted by Crippen LogP contribution is 2.27. The molecule has 1 atom stereocenters. The van der Waals surface area contributed by atoms with Gasteiger partial charge in [0.1, 0.15) is 0 Å². The van der Waals surface area contributed by atoms with E-state index in [4.69, 9.17) is 5.73 Å². The van der Waals surface area contributed by atoms with Gasteiger partial charge in [0.25, 0.3) is 5.92 Å². The Balaban J connectivity index is 2.51. The maximum atomic E-state index is 12.7. The summed E-state index contributed by atoms with van der Waals surface area (Å²) in [5.41, 5.74) is 5.17. The van der Waals surface area contributed by atoms with Gasteiger partial charge in [0.15, 0.2) is 0 Å². The van der Waals surface area contributed by atoms with Gasteiger partial charge in [0.05, 0.1) is 6.54 Å². The lowest BCUT2D eigenvalue weighted by atomic mass is 9.94. The van der Waals surface area contributed by atoms with Gasteiger partial charge in [-0.15, -0.1) is 0 Å². The third-order valence-electron chi connectivity index (χ3n) is 1.91. The van der Waals surface area contributed by atoms with E-state index in [1.54, 1.807) is 0 Å². The molecule has 1 saturated heterocycles. The van der Waals surface area contributed by atoms with E-state index in [0.29, 0.717) is 13.0 Å². The molecule has 2 nitrogen and oxygen atoms in total. The molecule has 4 heteroatoms. The number of nitrogens with one attached hydrogen (secondary N) is 1. The van der Waals surface area contributed by atoms with Crippen LogP contribution in [-0.4, -0.2) is 25.6 Å². The smallest absolute Gasteiger partial charge is 0.264 e. The van der Waals surface area contributed by atoms with Gasteiger partial charge >= 0.3 is 0 Å². The molecule has 10 heavy (non-hydrogen) atoms. The van der Waals surface area contributed by atoms with Gasteiger partial charge in [-0.25, -0.2) is 8.78 Å². The number of rotatable bonds is 1. The van der Waals surface area contributed by atoms with E-state index in [1.807, 2.05) is 0 Å². The summed E-state index contributed by atoms with van der Waals surface area (Å²) in [4.78, 5) is 0. The lowest BCUT2D eigenvalue weighted by Crippen LogP contribution is -2.48. The van der Waals surface area contributed by atoms with Crippen molar-refractivity contribution in [1.29, 1.82) is 0 Å². The minimum absolute atomic E-state index is 0.0919. The van der Waals surface area contributed by atoms with Crippen molar-refractivity contribution >= 4 is 0 Å². The molecule has 0 unspecified atom stereocenters. The van der Waals surface area contributed by atoms with Gasteiger partial charge in [0, 0.05) is 12.5 Å². The molecule has 0 amide bonds. The van der Waals surface area contributed by atoms with Crippen molar-refractivity contribution in [1.82, 2.24) is 5.32 Å². The second-order valence-electron chi connectivity index (χ2n) is 2.66. The normalized spacial score (nSPS) is 32.1. The van der Waals surface area contributed by atoms with Crippen LogP contribution >= 0.6 is 0 Å². The van der Waals surface area contributed by atoms with Gasteiger partial charge in [-0.1, -0.05) is 0 Å². The fourth-order valence-electron chi connectivity index (χ4n) is 1.18. The van der Waals surface area contributed by atoms with Crippen molar-refractivity contribution in [2.75, 3.05) is 19.6 Å². The minimum atomic E-state index is -2.59.